The Labute approximate surface area is 153 Å². The lowest BCUT2D eigenvalue weighted by Gasteiger charge is -2.07. The van der Waals surface area contributed by atoms with Gasteiger partial charge in [-0.15, -0.1) is 0 Å². The standard InChI is InChI=1S/C19H17FN4O3/c20-14-5-3-13(4-6-14)11-21-18(25)2-1-8-24-19(26)16-10-17-15(7-9-27-17)23(16)12-22-24/h3-7,9-10,12H,1-2,8,11H2,(H,21,25). The summed E-state index contributed by atoms with van der Waals surface area (Å²) in [6, 6.07) is 9.43. The minimum absolute atomic E-state index is 0.131. The van der Waals surface area contributed by atoms with Crippen molar-refractivity contribution < 1.29 is 13.6 Å². The first kappa shape index (κ1) is 17.0. The van der Waals surface area contributed by atoms with Crippen LogP contribution in [0.1, 0.15) is 18.4 Å². The van der Waals surface area contributed by atoms with Crippen molar-refractivity contribution >= 4 is 22.5 Å². The quantitative estimate of drug-likeness (QED) is 0.567. The second kappa shape index (κ2) is 7.06. The molecule has 0 bridgehead atoms. The van der Waals surface area contributed by atoms with Gasteiger partial charge in [-0.3, -0.25) is 14.0 Å². The van der Waals surface area contributed by atoms with Gasteiger partial charge in [-0.1, -0.05) is 12.1 Å². The third-order valence-corrected chi connectivity index (χ3v) is 4.40. The molecule has 4 aromatic rings. The van der Waals surface area contributed by atoms with Crippen molar-refractivity contribution in [1.82, 2.24) is 19.5 Å². The Kier molecular flexibility index (Phi) is 4.45. The van der Waals surface area contributed by atoms with Gasteiger partial charge in [0.05, 0.1) is 11.8 Å². The molecule has 0 aliphatic rings. The number of carbonyl (C=O) groups excluding carboxylic acids is 1. The Balaban J connectivity index is 1.34. The highest BCUT2D eigenvalue weighted by Crippen LogP contribution is 2.18. The minimum atomic E-state index is -0.309. The van der Waals surface area contributed by atoms with Crippen LogP contribution >= 0.6 is 0 Å². The number of halogens is 1. The van der Waals surface area contributed by atoms with Crippen LogP contribution in [0.15, 0.2) is 58.2 Å². The molecule has 27 heavy (non-hydrogen) atoms. The van der Waals surface area contributed by atoms with E-state index in [4.69, 9.17) is 4.42 Å². The Morgan fingerprint density at radius 3 is 2.81 bits per heavy atom. The van der Waals surface area contributed by atoms with Crippen LogP contribution in [-0.4, -0.2) is 20.1 Å². The summed E-state index contributed by atoms with van der Waals surface area (Å²) in [6.07, 6.45) is 3.88. The zero-order valence-corrected chi connectivity index (χ0v) is 14.4. The largest absolute Gasteiger partial charge is 0.463 e. The predicted molar refractivity (Wildman–Crippen MR) is 96.7 cm³/mol. The normalized spacial score (nSPS) is 11.3. The fourth-order valence-corrected chi connectivity index (χ4v) is 2.97. The van der Waals surface area contributed by atoms with E-state index in [2.05, 4.69) is 10.4 Å². The summed E-state index contributed by atoms with van der Waals surface area (Å²) in [7, 11) is 0. The van der Waals surface area contributed by atoms with Gasteiger partial charge in [0.25, 0.3) is 5.56 Å². The van der Waals surface area contributed by atoms with Crippen LogP contribution in [0.3, 0.4) is 0 Å². The number of hydrogen-bond acceptors (Lipinski definition) is 4. The van der Waals surface area contributed by atoms with Crippen molar-refractivity contribution in [2.75, 3.05) is 0 Å². The number of rotatable bonds is 6. The van der Waals surface area contributed by atoms with Gasteiger partial charge in [0.1, 0.15) is 17.7 Å². The Morgan fingerprint density at radius 2 is 2.00 bits per heavy atom. The topological polar surface area (TPSA) is 81.5 Å². The maximum absolute atomic E-state index is 12.9. The molecule has 1 N–H and O–H groups in total. The molecule has 0 atom stereocenters. The zero-order chi connectivity index (χ0) is 18.8. The van der Waals surface area contributed by atoms with Crippen molar-refractivity contribution in [3.63, 3.8) is 0 Å². The fraction of sp³-hybridized carbons (Fsp3) is 0.211. The number of hydrogen-bond donors (Lipinski definition) is 1. The summed E-state index contributed by atoms with van der Waals surface area (Å²) in [5, 5.41) is 6.94. The molecule has 1 aromatic carbocycles. The summed E-state index contributed by atoms with van der Waals surface area (Å²) in [5.74, 6) is -0.440. The highest BCUT2D eigenvalue weighted by Gasteiger charge is 2.11. The van der Waals surface area contributed by atoms with Crippen LogP contribution in [0.2, 0.25) is 0 Å². The third-order valence-electron chi connectivity index (χ3n) is 4.40. The Hall–Kier alpha value is -3.42. The van der Waals surface area contributed by atoms with E-state index in [0.29, 0.717) is 30.6 Å². The number of nitrogens with zero attached hydrogens (tertiary/aromatic N) is 3. The lowest BCUT2D eigenvalue weighted by atomic mass is 10.2. The lowest BCUT2D eigenvalue weighted by Crippen LogP contribution is -2.26. The van der Waals surface area contributed by atoms with Gasteiger partial charge in [0, 0.05) is 31.6 Å². The highest BCUT2D eigenvalue weighted by molar-refractivity contribution is 5.81. The average Bonchev–Trinajstić information content (AvgIpc) is 3.25. The number of fused-ring (bicyclic) bond motifs is 3. The molecule has 0 aliphatic heterocycles. The molecule has 138 valence electrons. The van der Waals surface area contributed by atoms with Crippen molar-refractivity contribution in [3.8, 4) is 0 Å². The fourth-order valence-electron chi connectivity index (χ4n) is 2.97. The van der Waals surface area contributed by atoms with E-state index >= 15 is 0 Å². The molecule has 0 fully saturated rings. The number of nitrogens with one attached hydrogen (secondary N) is 1. The summed E-state index contributed by atoms with van der Waals surface area (Å²) in [4.78, 5) is 24.5. The average molecular weight is 368 g/mol. The summed E-state index contributed by atoms with van der Waals surface area (Å²) in [5.41, 5.74) is 2.51. The molecule has 4 rings (SSSR count). The van der Waals surface area contributed by atoms with Crippen LogP contribution in [0.5, 0.6) is 0 Å². The van der Waals surface area contributed by atoms with E-state index in [1.165, 1.54) is 16.8 Å². The second-order valence-electron chi connectivity index (χ2n) is 6.24. The molecule has 1 amide bonds. The Morgan fingerprint density at radius 1 is 1.19 bits per heavy atom. The summed E-state index contributed by atoms with van der Waals surface area (Å²) < 4.78 is 21.2. The monoisotopic (exact) mass is 368 g/mol. The summed E-state index contributed by atoms with van der Waals surface area (Å²) in [6.45, 7) is 0.679. The maximum atomic E-state index is 12.9. The van der Waals surface area contributed by atoms with Gasteiger partial charge in [-0.05, 0) is 24.1 Å². The Bertz CT molecular complexity index is 1160. The van der Waals surface area contributed by atoms with Gasteiger partial charge >= 0.3 is 0 Å². The smallest absolute Gasteiger partial charge is 0.291 e. The van der Waals surface area contributed by atoms with E-state index < -0.39 is 0 Å². The van der Waals surface area contributed by atoms with Gasteiger partial charge in [-0.25, -0.2) is 9.07 Å². The molecule has 8 heteroatoms. The minimum Gasteiger partial charge on any atom is -0.463 e. The molecular weight excluding hydrogens is 351 g/mol. The van der Waals surface area contributed by atoms with Gasteiger partial charge in [-0.2, -0.15) is 5.10 Å². The van der Waals surface area contributed by atoms with E-state index in [1.807, 2.05) is 0 Å². The van der Waals surface area contributed by atoms with Crippen LogP contribution < -0.4 is 10.9 Å². The van der Waals surface area contributed by atoms with Crippen molar-refractivity contribution in [2.24, 2.45) is 0 Å². The van der Waals surface area contributed by atoms with E-state index in [9.17, 15) is 14.0 Å². The number of aromatic nitrogens is 3. The van der Waals surface area contributed by atoms with Gasteiger partial charge in [0.2, 0.25) is 5.91 Å². The number of amides is 1. The molecule has 0 aliphatic carbocycles. The molecule has 0 radical (unpaired) electrons. The molecule has 0 saturated carbocycles. The molecule has 0 unspecified atom stereocenters. The molecule has 0 spiro atoms. The van der Waals surface area contributed by atoms with Crippen molar-refractivity contribution in [2.45, 2.75) is 25.9 Å². The molecule has 3 heterocycles. The van der Waals surface area contributed by atoms with E-state index in [1.54, 1.807) is 41.3 Å². The SMILES string of the molecule is O=C(CCCn1ncn2c(cc3occc32)c1=O)NCc1ccc(F)cc1. The van der Waals surface area contributed by atoms with Crippen LogP contribution in [0, 0.1) is 5.82 Å². The van der Waals surface area contributed by atoms with Gasteiger partial charge in [0.15, 0.2) is 5.58 Å². The van der Waals surface area contributed by atoms with Crippen molar-refractivity contribution in [3.05, 3.63) is 70.7 Å². The van der Waals surface area contributed by atoms with Gasteiger partial charge < -0.3 is 9.73 Å². The summed E-state index contributed by atoms with van der Waals surface area (Å²) >= 11 is 0. The van der Waals surface area contributed by atoms with Crippen LogP contribution in [0.25, 0.3) is 16.6 Å². The molecular formula is C19H17FN4O3. The third kappa shape index (κ3) is 3.46. The number of carbonyl (C=O) groups is 1. The maximum Gasteiger partial charge on any atom is 0.291 e. The zero-order valence-electron chi connectivity index (χ0n) is 14.4. The highest BCUT2D eigenvalue weighted by atomic mass is 19.1. The molecule has 3 aromatic heterocycles. The lowest BCUT2D eigenvalue weighted by molar-refractivity contribution is -0.121. The number of furan rings is 1. The van der Waals surface area contributed by atoms with E-state index in [0.717, 1.165) is 11.1 Å². The predicted octanol–water partition coefficient (Wildman–Crippen LogP) is 2.48. The van der Waals surface area contributed by atoms with Crippen LogP contribution in [-0.2, 0) is 17.9 Å². The number of aryl methyl sites for hydroxylation is 1. The first-order chi connectivity index (χ1) is 13.1. The first-order valence-electron chi connectivity index (χ1n) is 8.57. The first-order valence-corrected chi connectivity index (χ1v) is 8.57. The second-order valence-corrected chi connectivity index (χ2v) is 6.24. The van der Waals surface area contributed by atoms with Crippen LogP contribution in [0.4, 0.5) is 4.39 Å². The molecule has 0 saturated heterocycles. The molecule has 7 nitrogen and oxygen atoms in total. The van der Waals surface area contributed by atoms with Crippen molar-refractivity contribution in [1.29, 1.82) is 0 Å². The van der Waals surface area contributed by atoms with E-state index in [-0.39, 0.29) is 23.7 Å². The number of benzene rings is 1.